The lowest BCUT2D eigenvalue weighted by atomic mass is 10.0. The Morgan fingerprint density at radius 1 is 1.19 bits per heavy atom. The second-order valence-corrected chi connectivity index (χ2v) is 7.31. The van der Waals surface area contributed by atoms with E-state index in [9.17, 15) is 5.11 Å². The Balaban J connectivity index is 2.97. The predicted octanol–water partition coefficient (Wildman–Crippen LogP) is 3.49. The van der Waals surface area contributed by atoms with Crippen molar-refractivity contribution < 1.29 is 5.11 Å². The molecule has 0 spiro atoms. The molecular weight excluding hydrogens is 300 g/mol. The van der Waals surface area contributed by atoms with E-state index in [0.29, 0.717) is 5.75 Å². The summed E-state index contributed by atoms with van der Waals surface area (Å²) in [6.45, 7) is 2.88. The van der Waals surface area contributed by atoms with Crippen molar-refractivity contribution in [2.75, 3.05) is 28.2 Å². The molecule has 0 aromatic heterocycles. The lowest BCUT2D eigenvalue weighted by Gasteiger charge is -2.17. The number of phenolic OH excluding ortho intramolecular Hbond substituents is 1. The van der Waals surface area contributed by atoms with E-state index in [-0.39, 0.29) is 0 Å². The van der Waals surface area contributed by atoms with Crippen molar-refractivity contribution in [2.45, 2.75) is 32.1 Å². The van der Waals surface area contributed by atoms with E-state index in [2.05, 4.69) is 24.0 Å². The van der Waals surface area contributed by atoms with Crippen LogP contribution in [-0.2, 0) is 18.7 Å². The fourth-order valence-corrected chi connectivity index (χ4v) is 3.00. The number of benzene rings is 1. The number of phenols is 1. The molecule has 0 unspecified atom stereocenters. The summed E-state index contributed by atoms with van der Waals surface area (Å²) < 4.78 is 0.884. The van der Waals surface area contributed by atoms with Gasteiger partial charge in [0.2, 0.25) is 0 Å². The van der Waals surface area contributed by atoms with Gasteiger partial charge in [0.1, 0.15) is 10.1 Å². The fraction of sp³-hybridized carbons (Fsp3) is 0.562. The molecular formula is C16H26N2OS2. The van der Waals surface area contributed by atoms with Crippen LogP contribution < -0.4 is 0 Å². The number of hydrogen-bond donors (Lipinski definition) is 1. The number of hydrogen-bond acceptors (Lipinski definition) is 4. The zero-order valence-electron chi connectivity index (χ0n) is 13.6. The lowest BCUT2D eigenvalue weighted by Crippen LogP contribution is -2.16. The average Bonchev–Trinajstić information content (AvgIpc) is 2.40. The third-order valence-electron chi connectivity index (χ3n) is 3.06. The Morgan fingerprint density at radius 2 is 1.81 bits per heavy atom. The van der Waals surface area contributed by atoms with Crippen LogP contribution in [0.1, 0.15) is 30.0 Å². The van der Waals surface area contributed by atoms with Crippen LogP contribution in [0.3, 0.4) is 0 Å². The first kappa shape index (κ1) is 18.3. The van der Waals surface area contributed by atoms with Gasteiger partial charge in [-0.1, -0.05) is 43.4 Å². The third-order valence-corrected chi connectivity index (χ3v) is 4.87. The van der Waals surface area contributed by atoms with Gasteiger partial charge in [-0.25, -0.2) is 0 Å². The predicted molar refractivity (Wildman–Crippen MR) is 97.1 cm³/mol. The molecule has 1 aromatic carbocycles. The van der Waals surface area contributed by atoms with Gasteiger partial charge in [0.15, 0.2) is 0 Å². The first-order valence-corrected chi connectivity index (χ1v) is 8.57. The molecule has 0 aliphatic carbocycles. The molecule has 1 rings (SSSR count). The summed E-state index contributed by atoms with van der Waals surface area (Å²) in [5.74, 6) is 1.29. The largest absolute Gasteiger partial charge is 0.507 e. The molecule has 0 radical (unpaired) electrons. The molecule has 0 saturated heterocycles. The summed E-state index contributed by atoms with van der Waals surface area (Å²) in [6, 6.07) is 4.21. The monoisotopic (exact) mass is 326 g/mol. The number of nitrogens with zero attached hydrogens (tertiary/aromatic N) is 2. The quantitative estimate of drug-likeness (QED) is 0.808. The number of aromatic hydroxyl groups is 1. The molecule has 0 bridgehead atoms. The molecule has 0 atom stereocenters. The van der Waals surface area contributed by atoms with Crippen LogP contribution in [0.2, 0.25) is 0 Å². The highest BCUT2D eigenvalue weighted by Gasteiger charge is 2.11. The summed E-state index contributed by atoms with van der Waals surface area (Å²) >= 11 is 6.98. The smallest absolute Gasteiger partial charge is 0.136 e. The number of aryl methyl sites for hydroxylation is 1. The first-order chi connectivity index (χ1) is 9.85. The van der Waals surface area contributed by atoms with Crippen LogP contribution in [0, 0.1) is 0 Å². The van der Waals surface area contributed by atoms with Crippen molar-refractivity contribution in [3.05, 3.63) is 28.8 Å². The summed E-state index contributed by atoms with van der Waals surface area (Å²) in [6.07, 6.45) is 1.94. The zero-order valence-corrected chi connectivity index (χ0v) is 15.3. The van der Waals surface area contributed by atoms with E-state index in [0.717, 1.165) is 40.6 Å². The average molecular weight is 327 g/mol. The lowest BCUT2D eigenvalue weighted by molar-refractivity contribution is 0.384. The van der Waals surface area contributed by atoms with Crippen LogP contribution in [-0.4, -0.2) is 47.4 Å². The Morgan fingerprint density at radius 3 is 2.33 bits per heavy atom. The Bertz CT molecular complexity index is 487. The molecule has 3 nitrogen and oxygen atoms in total. The molecule has 0 saturated carbocycles. The molecule has 0 heterocycles. The molecule has 1 N–H and O–H groups in total. The maximum Gasteiger partial charge on any atom is 0.136 e. The van der Waals surface area contributed by atoms with E-state index in [1.54, 1.807) is 11.8 Å². The highest BCUT2D eigenvalue weighted by molar-refractivity contribution is 8.22. The van der Waals surface area contributed by atoms with E-state index >= 15 is 0 Å². The summed E-state index contributed by atoms with van der Waals surface area (Å²) in [7, 11) is 7.96. The number of thioether (sulfide) groups is 1. The van der Waals surface area contributed by atoms with Crippen molar-refractivity contribution in [3.8, 4) is 5.75 Å². The second-order valence-electron chi connectivity index (χ2n) is 5.70. The highest BCUT2D eigenvalue weighted by Crippen LogP contribution is 2.29. The summed E-state index contributed by atoms with van der Waals surface area (Å²) in [4.78, 5) is 4.03. The highest BCUT2D eigenvalue weighted by atomic mass is 32.2. The molecule has 21 heavy (non-hydrogen) atoms. The molecule has 118 valence electrons. The standard InChI is InChI=1S/C16H26N2OS2/c1-6-7-13-8-12(11-21-16(20)18(4)5)9-14(15(13)19)10-17(2)3/h8-9,19H,6-7,10-11H2,1-5H3. The van der Waals surface area contributed by atoms with Crippen LogP contribution >= 0.6 is 24.0 Å². The van der Waals surface area contributed by atoms with Gasteiger partial charge in [0.05, 0.1) is 0 Å². The molecule has 0 fully saturated rings. The zero-order chi connectivity index (χ0) is 16.0. The van der Waals surface area contributed by atoms with Crippen LogP contribution in [0.4, 0.5) is 0 Å². The number of thiocarbonyl (C=S) groups is 1. The third kappa shape index (κ3) is 5.85. The first-order valence-electron chi connectivity index (χ1n) is 7.17. The van der Waals surface area contributed by atoms with Crippen molar-refractivity contribution in [1.29, 1.82) is 0 Å². The molecule has 1 aromatic rings. The molecule has 0 aliphatic rings. The Hall–Kier alpha value is -0.780. The van der Waals surface area contributed by atoms with E-state index in [1.165, 1.54) is 5.56 Å². The minimum Gasteiger partial charge on any atom is -0.507 e. The van der Waals surface area contributed by atoms with Crippen molar-refractivity contribution in [2.24, 2.45) is 0 Å². The normalized spacial score (nSPS) is 11.0. The summed E-state index contributed by atoms with van der Waals surface area (Å²) in [5.41, 5.74) is 3.27. The molecule has 0 amide bonds. The maximum atomic E-state index is 10.4. The molecule has 5 heteroatoms. The van der Waals surface area contributed by atoms with E-state index in [4.69, 9.17) is 12.2 Å². The van der Waals surface area contributed by atoms with Gasteiger partial charge in [0.25, 0.3) is 0 Å². The van der Waals surface area contributed by atoms with Crippen LogP contribution in [0.5, 0.6) is 5.75 Å². The maximum absolute atomic E-state index is 10.4. The minimum atomic E-state index is 0.453. The van der Waals surface area contributed by atoms with Gasteiger partial charge >= 0.3 is 0 Å². The van der Waals surface area contributed by atoms with Gasteiger partial charge in [-0.15, -0.1) is 0 Å². The number of rotatable bonds is 6. The van der Waals surface area contributed by atoms with Crippen molar-refractivity contribution >= 4 is 28.3 Å². The molecule has 0 aliphatic heterocycles. The van der Waals surface area contributed by atoms with Crippen LogP contribution in [0.15, 0.2) is 12.1 Å². The van der Waals surface area contributed by atoms with Crippen LogP contribution in [0.25, 0.3) is 0 Å². The van der Waals surface area contributed by atoms with Crippen molar-refractivity contribution in [3.63, 3.8) is 0 Å². The van der Waals surface area contributed by atoms with Gasteiger partial charge < -0.3 is 14.9 Å². The minimum absolute atomic E-state index is 0.453. The van der Waals surface area contributed by atoms with Gasteiger partial charge in [-0.2, -0.15) is 0 Å². The SMILES string of the molecule is CCCc1cc(CSC(=S)N(C)C)cc(CN(C)C)c1O. The van der Waals surface area contributed by atoms with Gasteiger partial charge in [-0.05, 0) is 37.7 Å². The topological polar surface area (TPSA) is 26.7 Å². The van der Waals surface area contributed by atoms with Gasteiger partial charge in [-0.3, -0.25) is 0 Å². The van der Waals surface area contributed by atoms with E-state index in [1.807, 2.05) is 33.1 Å². The van der Waals surface area contributed by atoms with Crippen molar-refractivity contribution in [1.82, 2.24) is 9.80 Å². The summed E-state index contributed by atoms with van der Waals surface area (Å²) in [5, 5.41) is 10.4. The fourth-order valence-electron chi connectivity index (χ4n) is 2.11. The Kier molecular flexibility index (Phi) is 7.49. The van der Waals surface area contributed by atoms with E-state index < -0.39 is 0 Å². The second kappa shape index (κ2) is 8.61. The van der Waals surface area contributed by atoms with Gasteiger partial charge in [0, 0.05) is 32.0 Å². The Labute approximate surface area is 138 Å².